The predicted molar refractivity (Wildman–Crippen MR) is 101 cm³/mol. The first-order chi connectivity index (χ1) is 12.1. The van der Waals surface area contributed by atoms with Gasteiger partial charge >= 0.3 is 0 Å². The third kappa shape index (κ3) is 4.39. The van der Waals surface area contributed by atoms with E-state index in [2.05, 4.69) is 15.9 Å². The largest absolute Gasteiger partial charge is 0.487 e. The molecule has 3 atom stereocenters. The Bertz CT molecular complexity index is 770. The fourth-order valence-electron chi connectivity index (χ4n) is 2.82. The van der Waals surface area contributed by atoms with Gasteiger partial charge in [-0.15, -0.1) is 0 Å². The van der Waals surface area contributed by atoms with Gasteiger partial charge in [0.2, 0.25) is 15.9 Å². The number of hydrogen-bond donors (Lipinski definition) is 1. The second kappa shape index (κ2) is 8.24. The van der Waals surface area contributed by atoms with Gasteiger partial charge in [-0.2, -0.15) is 4.31 Å². The molecule has 7 nitrogen and oxygen atoms in total. The van der Waals surface area contributed by atoms with Gasteiger partial charge in [-0.25, -0.2) is 8.42 Å². The van der Waals surface area contributed by atoms with Crippen molar-refractivity contribution < 1.29 is 23.1 Å². The Morgan fingerprint density at radius 2 is 2.15 bits per heavy atom. The van der Waals surface area contributed by atoms with Crippen molar-refractivity contribution in [1.82, 2.24) is 9.21 Å². The summed E-state index contributed by atoms with van der Waals surface area (Å²) in [6.45, 7) is 5.27. The molecule has 0 fully saturated rings. The summed E-state index contributed by atoms with van der Waals surface area (Å²) in [5.74, 6) is -0.0405. The number of aliphatic hydroxyl groups is 1. The summed E-state index contributed by atoms with van der Waals surface area (Å²) in [4.78, 5) is 13.2. The van der Waals surface area contributed by atoms with Crippen molar-refractivity contribution in [3.63, 3.8) is 0 Å². The molecule has 2 rings (SSSR count). The van der Waals surface area contributed by atoms with Gasteiger partial charge in [0.25, 0.3) is 0 Å². The summed E-state index contributed by atoms with van der Waals surface area (Å²) in [5, 5.41) is 9.55. The molecule has 0 bridgehead atoms. The molecule has 26 heavy (non-hydrogen) atoms. The van der Waals surface area contributed by atoms with Crippen LogP contribution in [0.4, 0.5) is 0 Å². The van der Waals surface area contributed by atoms with Crippen LogP contribution in [0.1, 0.15) is 20.8 Å². The number of carbonyl (C=O) groups excluding carboxylic acids is 1. The van der Waals surface area contributed by atoms with Crippen LogP contribution in [-0.2, 0) is 14.8 Å². The molecule has 1 heterocycles. The highest BCUT2D eigenvalue weighted by Gasteiger charge is 2.38. The molecule has 0 saturated carbocycles. The van der Waals surface area contributed by atoms with Gasteiger partial charge in [-0.1, -0.05) is 22.9 Å². The number of fused-ring (bicyclic) bond motifs is 1. The van der Waals surface area contributed by atoms with Gasteiger partial charge in [-0.3, -0.25) is 4.79 Å². The Morgan fingerprint density at radius 1 is 1.50 bits per heavy atom. The van der Waals surface area contributed by atoms with E-state index in [-0.39, 0.29) is 41.7 Å². The maximum atomic E-state index is 13.1. The fourth-order valence-corrected chi connectivity index (χ4v) is 4.98. The van der Waals surface area contributed by atoms with E-state index in [1.54, 1.807) is 31.0 Å². The second-order valence-corrected chi connectivity index (χ2v) is 9.51. The summed E-state index contributed by atoms with van der Waals surface area (Å²) in [6.07, 6.45) is -0.388. The third-order valence-corrected chi connectivity index (χ3v) is 7.13. The number of sulfonamides is 1. The van der Waals surface area contributed by atoms with Crippen molar-refractivity contribution in [2.75, 3.05) is 26.7 Å². The molecular formula is C17H25BrN2O5S. The minimum Gasteiger partial charge on any atom is -0.487 e. The predicted octanol–water partition coefficient (Wildman–Crippen LogP) is 1.70. The van der Waals surface area contributed by atoms with Gasteiger partial charge in [0, 0.05) is 36.9 Å². The van der Waals surface area contributed by atoms with E-state index in [0.29, 0.717) is 11.0 Å². The molecule has 0 aliphatic carbocycles. The Morgan fingerprint density at radius 3 is 2.73 bits per heavy atom. The van der Waals surface area contributed by atoms with Gasteiger partial charge in [0.05, 0.1) is 13.2 Å². The number of likely N-dealkylation sites (N-methyl/N-ethyl adjacent to an activating group) is 1. The van der Waals surface area contributed by atoms with E-state index in [4.69, 9.17) is 4.74 Å². The lowest BCUT2D eigenvalue weighted by atomic mass is 10.0. The lowest BCUT2D eigenvalue weighted by Gasteiger charge is -2.37. The summed E-state index contributed by atoms with van der Waals surface area (Å²) < 4.78 is 34.3. The molecule has 0 aromatic heterocycles. The summed E-state index contributed by atoms with van der Waals surface area (Å²) in [7, 11) is -2.14. The van der Waals surface area contributed by atoms with Gasteiger partial charge in [-0.05, 0) is 25.1 Å². The first kappa shape index (κ1) is 21.1. The molecule has 1 aromatic rings. The van der Waals surface area contributed by atoms with Crippen LogP contribution in [0, 0.1) is 5.92 Å². The molecule has 9 heteroatoms. The maximum Gasteiger partial charge on any atom is 0.247 e. The van der Waals surface area contributed by atoms with E-state index < -0.39 is 16.1 Å². The van der Waals surface area contributed by atoms with Gasteiger partial charge < -0.3 is 14.7 Å². The maximum absolute atomic E-state index is 13.1. The van der Waals surface area contributed by atoms with Crippen LogP contribution in [0.5, 0.6) is 5.75 Å². The van der Waals surface area contributed by atoms with Crippen molar-refractivity contribution in [3.8, 4) is 5.75 Å². The SMILES string of the molecule is CC(=O)N(C)C[C@@H]1Oc2cc(Br)ccc2S(=O)(=O)N([C@@H](C)CO)C[C@H]1C. The Labute approximate surface area is 163 Å². The average molecular weight is 449 g/mol. The van der Waals surface area contributed by atoms with Crippen LogP contribution in [0.3, 0.4) is 0 Å². The fraction of sp³-hybridized carbons (Fsp3) is 0.588. The van der Waals surface area contributed by atoms with Crippen LogP contribution in [0.2, 0.25) is 0 Å². The zero-order chi connectivity index (χ0) is 19.6. The molecule has 1 aliphatic rings. The van der Waals surface area contributed by atoms with E-state index >= 15 is 0 Å². The van der Waals surface area contributed by atoms with Crippen LogP contribution in [-0.4, -0.2) is 67.5 Å². The van der Waals surface area contributed by atoms with E-state index in [9.17, 15) is 18.3 Å². The number of hydrogen-bond acceptors (Lipinski definition) is 5. The smallest absolute Gasteiger partial charge is 0.247 e. The molecule has 1 N–H and O–H groups in total. The lowest BCUT2D eigenvalue weighted by molar-refractivity contribution is -0.129. The first-order valence-corrected chi connectivity index (χ1v) is 10.6. The van der Waals surface area contributed by atoms with Crippen LogP contribution < -0.4 is 4.74 Å². The molecule has 146 valence electrons. The quantitative estimate of drug-likeness (QED) is 0.756. The molecule has 0 unspecified atom stereocenters. The molecule has 0 saturated heterocycles. The lowest BCUT2D eigenvalue weighted by Crippen LogP contribution is -2.50. The highest BCUT2D eigenvalue weighted by atomic mass is 79.9. The number of benzene rings is 1. The molecule has 1 aliphatic heterocycles. The zero-order valence-corrected chi connectivity index (χ0v) is 17.7. The van der Waals surface area contributed by atoms with Gasteiger partial charge in [0.15, 0.2) is 0 Å². The van der Waals surface area contributed by atoms with E-state index in [1.807, 2.05) is 6.92 Å². The van der Waals surface area contributed by atoms with Crippen LogP contribution in [0.15, 0.2) is 27.6 Å². The number of amides is 1. The van der Waals surface area contributed by atoms with E-state index in [0.717, 1.165) is 0 Å². The summed E-state index contributed by atoms with van der Waals surface area (Å²) in [5.41, 5.74) is 0. The van der Waals surface area contributed by atoms with Crippen LogP contribution >= 0.6 is 15.9 Å². The number of rotatable bonds is 4. The van der Waals surface area contributed by atoms with Crippen molar-refractivity contribution in [1.29, 1.82) is 0 Å². The van der Waals surface area contributed by atoms with E-state index in [1.165, 1.54) is 17.3 Å². The Kier molecular flexibility index (Phi) is 6.70. The van der Waals surface area contributed by atoms with Crippen molar-refractivity contribution in [3.05, 3.63) is 22.7 Å². The highest BCUT2D eigenvalue weighted by molar-refractivity contribution is 9.10. The molecular weight excluding hydrogens is 424 g/mol. The standard InChI is InChI=1S/C17H25BrN2O5S/c1-11-8-20(12(2)10-21)26(23,24)17-6-5-14(18)7-15(17)25-16(11)9-19(4)13(3)22/h5-7,11-12,16,21H,8-10H2,1-4H3/t11-,12+,16+/m1/s1. The molecule has 0 spiro atoms. The number of aliphatic hydroxyl groups excluding tert-OH is 1. The topological polar surface area (TPSA) is 87.2 Å². The zero-order valence-electron chi connectivity index (χ0n) is 15.3. The molecule has 1 amide bonds. The third-order valence-electron chi connectivity index (χ3n) is 4.62. The summed E-state index contributed by atoms with van der Waals surface area (Å²) in [6, 6.07) is 4.19. The number of carbonyl (C=O) groups is 1. The highest BCUT2D eigenvalue weighted by Crippen LogP contribution is 2.35. The van der Waals surface area contributed by atoms with Crippen LogP contribution in [0.25, 0.3) is 0 Å². The van der Waals surface area contributed by atoms with Crippen molar-refractivity contribution in [2.24, 2.45) is 5.92 Å². The minimum atomic E-state index is -3.82. The second-order valence-electron chi connectivity index (χ2n) is 6.73. The molecule has 1 aromatic carbocycles. The van der Waals surface area contributed by atoms with Gasteiger partial charge in [0.1, 0.15) is 16.7 Å². The minimum absolute atomic E-state index is 0.0587. The number of ether oxygens (including phenoxy) is 1. The number of nitrogens with zero attached hydrogens (tertiary/aromatic N) is 2. The Hall–Kier alpha value is -1.16. The normalized spacial score (nSPS) is 23.9. The number of halogens is 1. The Balaban J connectivity index is 2.54. The molecule has 0 radical (unpaired) electrons. The average Bonchev–Trinajstić information content (AvgIpc) is 2.56. The first-order valence-electron chi connectivity index (χ1n) is 8.38. The van der Waals surface area contributed by atoms with Crippen molar-refractivity contribution in [2.45, 2.75) is 37.8 Å². The van der Waals surface area contributed by atoms with Crippen molar-refractivity contribution >= 4 is 31.9 Å². The monoisotopic (exact) mass is 448 g/mol. The summed E-state index contributed by atoms with van der Waals surface area (Å²) >= 11 is 3.35.